The number of imide groups is 1. The van der Waals surface area contributed by atoms with Crippen molar-refractivity contribution in [2.45, 2.75) is 13.0 Å². The van der Waals surface area contributed by atoms with Gasteiger partial charge in [-0.25, -0.2) is 0 Å². The summed E-state index contributed by atoms with van der Waals surface area (Å²) in [6.45, 7) is 0.910. The maximum absolute atomic E-state index is 12.7. The third kappa shape index (κ3) is 3.88. The van der Waals surface area contributed by atoms with E-state index in [1.54, 1.807) is 11.0 Å². The van der Waals surface area contributed by atoms with E-state index in [0.29, 0.717) is 18.0 Å². The van der Waals surface area contributed by atoms with E-state index in [0.717, 1.165) is 38.0 Å². The van der Waals surface area contributed by atoms with Crippen LogP contribution in [0.3, 0.4) is 0 Å². The number of thiophene rings is 1. The third-order valence-electron chi connectivity index (χ3n) is 4.51. The van der Waals surface area contributed by atoms with E-state index >= 15 is 0 Å². The highest BCUT2D eigenvalue weighted by molar-refractivity contribution is 9.10. The second-order valence-electron chi connectivity index (χ2n) is 6.27. The average Bonchev–Trinajstić information content (AvgIpc) is 3.19. The average molecular weight is 463 g/mol. The molecule has 0 atom stereocenters. The van der Waals surface area contributed by atoms with E-state index in [-0.39, 0.29) is 12.5 Å². The fraction of sp³-hybridized carbons (Fsp3) is 0.211. The molecule has 2 aromatic rings. The molecule has 0 aliphatic carbocycles. The molecular weight excluding hydrogens is 448 g/mol. The number of halogens is 1. The first kappa shape index (κ1) is 18.5. The number of carbonyl (C=O) groups is 3. The molecule has 2 aliphatic rings. The number of thioether (sulfide) groups is 1. The van der Waals surface area contributed by atoms with Crippen LogP contribution < -0.4 is 0 Å². The number of hydrogen-bond acceptors (Lipinski definition) is 5. The Morgan fingerprint density at radius 3 is 2.74 bits per heavy atom. The van der Waals surface area contributed by atoms with Crippen LogP contribution in [0.1, 0.15) is 16.0 Å². The molecular formula is C19H15BrN2O3S2. The number of nitrogens with zero attached hydrogens (tertiary/aromatic N) is 2. The summed E-state index contributed by atoms with van der Waals surface area (Å²) >= 11 is 5.73. The van der Waals surface area contributed by atoms with Gasteiger partial charge in [0, 0.05) is 27.8 Å². The van der Waals surface area contributed by atoms with Crippen LogP contribution in [0.5, 0.6) is 0 Å². The standard InChI is InChI=1S/C19H15BrN2O3S2/c20-14-7-15(26-11-14)8-16-18(24)22(19(25)27-16)10-17(23)21-6-5-12-3-1-2-4-13(12)9-21/h1-4,7-8,11H,5-6,9-10H2. The van der Waals surface area contributed by atoms with Crippen molar-refractivity contribution in [3.8, 4) is 0 Å². The van der Waals surface area contributed by atoms with Gasteiger partial charge in [-0.05, 0) is 57.4 Å². The maximum Gasteiger partial charge on any atom is 0.294 e. The summed E-state index contributed by atoms with van der Waals surface area (Å²) in [4.78, 5) is 41.5. The third-order valence-corrected chi connectivity index (χ3v) is 7.06. The van der Waals surface area contributed by atoms with Crippen LogP contribution in [0.15, 0.2) is 45.1 Å². The fourth-order valence-corrected chi connectivity index (χ4v) is 5.39. The molecule has 3 heterocycles. The van der Waals surface area contributed by atoms with Crippen molar-refractivity contribution in [2.24, 2.45) is 0 Å². The van der Waals surface area contributed by atoms with Crippen LogP contribution in [0.25, 0.3) is 6.08 Å². The Morgan fingerprint density at radius 1 is 1.22 bits per heavy atom. The van der Waals surface area contributed by atoms with Crippen LogP contribution in [-0.4, -0.2) is 39.9 Å². The molecule has 0 radical (unpaired) electrons. The zero-order valence-corrected chi connectivity index (χ0v) is 17.4. The maximum atomic E-state index is 12.7. The highest BCUT2D eigenvalue weighted by Crippen LogP contribution is 2.34. The zero-order valence-electron chi connectivity index (χ0n) is 14.2. The van der Waals surface area contributed by atoms with Crippen molar-refractivity contribution in [1.29, 1.82) is 0 Å². The molecule has 0 unspecified atom stereocenters. The van der Waals surface area contributed by atoms with E-state index in [4.69, 9.17) is 0 Å². The van der Waals surface area contributed by atoms with Crippen molar-refractivity contribution in [2.75, 3.05) is 13.1 Å². The number of hydrogen-bond donors (Lipinski definition) is 0. The van der Waals surface area contributed by atoms with Crippen LogP contribution in [-0.2, 0) is 22.6 Å². The lowest BCUT2D eigenvalue weighted by Gasteiger charge is -2.29. The van der Waals surface area contributed by atoms with Gasteiger partial charge in [0.2, 0.25) is 5.91 Å². The minimum Gasteiger partial charge on any atom is -0.336 e. The summed E-state index contributed by atoms with van der Waals surface area (Å²) in [7, 11) is 0. The first-order valence-electron chi connectivity index (χ1n) is 8.35. The Bertz CT molecular complexity index is 969. The molecule has 3 amide bonds. The molecule has 4 rings (SSSR count). The smallest absolute Gasteiger partial charge is 0.294 e. The summed E-state index contributed by atoms with van der Waals surface area (Å²) in [5.74, 6) is -0.604. The topological polar surface area (TPSA) is 57.7 Å². The van der Waals surface area contributed by atoms with Gasteiger partial charge in [-0.15, -0.1) is 11.3 Å². The van der Waals surface area contributed by atoms with Crippen LogP contribution in [0.2, 0.25) is 0 Å². The number of amides is 3. The van der Waals surface area contributed by atoms with Gasteiger partial charge in [-0.2, -0.15) is 0 Å². The highest BCUT2D eigenvalue weighted by Gasteiger charge is 2.37. The predicted molar refractivity (Wildman–Crippen MR) is 110 cm³/mol. The van der Waals surface area contributed by atoms with Crippen molar-refractivity contribution in [3.63, 3.8) is 0 Å². The second kappa shape index (κ2) is 7.61. The van der Waals surface area contributed by atoms with Crippen LogP contribution in [0, 0.1) is 0 Å². The normalized spacial score (nSPS) is 18.3. The minimum absolute atomic E-state index is 0.202. The lowest BCUT2D eigenvalue weighted by atomic mass is 10.00. The molecule has 27 heavy (non-hydrogen) atoms. The van der Waals surface area contributed by atoms with Gasteiger partial charge in [-0.1, -0.05) is 24.3 Å². The van der Waals surface area contributed by atoms with Gasteiger partial charge >= 0.3 is 0 Å². The molecule has 1 fully saturated rings. The van der Waals surface area contributed by atoms with Crippen molar-refractivity contribution in [1.82, 2.24) is 9.80 Å². The molecule has 1 aromatic heterocycles. The molecule has 2 aliphatic heterocycles. The summed E-state index contributed by atoms with van der Waals surface area (Å²) in [5.41, 5.74) is 2.37. The largest absolute Gasteiger partial charge is 0.336 e. The van der Waals surface area contributed by atoms with Crippen molar-refractivity contribution < 1.29 is 14.4 Å². The van der Waals surface area contributed by atoms with E-state index in [2.05, 4.69) is 22.0 Å². The molecule has 138 valence electrons. The van der Waals surface area contributed by atoms with Crippen LogP contribution in [0.4, 0.5) is 4.79 Å². The summed E-state index contributed by atoms with van der Waals surface area (Å²) in [6.07, 6.45) is 2.49. The van der Waals surface area contributed by atoms with E-state index in [9.17, 15) is 14.4 Å². The van der Waals surface area contributed by atoms with Crippen molar-refractivity contribution in [3.05, 3.63) is 61.1 Å². The minimum atomic E-state index is -0.403. The number of benzene rings is 1. The van der Waals surface area contributed by atoms with E-state index in [1.165, 1.54) is 16.9 Å². The van der Waals surface area contributed by atoms with Crippen molar-refractivity contribution >= 4 is 62.2 Å². The van der Waals surface area contributed by atoms with Gasteiger partial charge in [-0.3, -0.25) is 19.3 Å². The van der Waals surface area contributed by atoms with E-state index in [1.807, 2.05) is 29.6 Å². The van der Waals surface area contributed by atoms with Gasteiger partial charge in [0.1, 0.15) is 6.54 Å². The van der Waals surface area contributed by atoms with Crippen LogP contribution >= 0.6 is 39.0 Å². The Morgan fingerprint density at radius 2 is 2.00 bits per heavy atom. The first-order chi connectivity index (χ1) is 13.0. The Hall–Kier alpha value is -1.90. The molecule has 0 bridgehead atoms. The molecule has 1 aromatic carbocycles. The summed E-state index contributed by atoms with van der Waals surface area (Å²) in [6, 6.07) is 9.92. The quantitative estimate of drug-likeness (QED) is 0.643. The Balaban J connectivity index is 1.45. The monoisotopic (exact) mass is 462 g/mol. The Kier molecular flexibility index (Phi) is 5.21. The van der Waals surface area contributed by atoms with Gasteiger partial charge in [0.15, 0.2) is 0 Å². The van der Waals surface area contributed by atoms with Gasteiger partial charge < -0.3 is 4.90 Å². The molecule has 0 saturated carbocycles. The zero-order chi connectivity index (χ0) is 19.0. The summed E-state index contributed by atoms with van der Waals surface area (Å²) in [5, 5.41) is 1.51. The second-order valence-corrected chi connectivity index (χ2v) is 9.12. The lowest BCUT2D eigenvalue weighted by Crippen LogP contribution is -2.44. The SMILES string of the molecule is O=C(CN1C(=O)SC(=Cc2cc(Br)cs2)C1=O)N1CCc2ccccc2C1. The van der Waals surface area contributed by atoms with Gasteiger partial charge in [0.25, 0.3) is 11.1 Å². The molecule has 0 spiro atoms. The van der Waals surface area contributed by atoms with Gasteiger partial charge in [0.05, 0.1) is 4.91 Å². The molecule has 5 nitrogen and oxygen atoms in total. The fourth-order valence-electron chi connectivity index (χ4n) is 3.11. The number of fused-ring (bicyclic) bond motifs is 1. The van der Waals surface area contributed by atoms with E-state index < -0.39 is 11.1 Å². The number of carbonyl (C=O) groups excluding carboxylic acids is 3. The molecule has 1 saturated heterocycles. The number of rotatable bonds is 3. The first-order valence-corrected chi connectivity index (χ1v) is 10.8. The Labute approximate surface area is 173 Å². The lowest BCUT2D eigenvalue weighted by molar-refractivity contribution is -0.136. The molecule has 0 N–H and O–H groups in total. The highest BCUT2D eigenvalue weighted by atomic mass is 79.9. The summed E-state index contributed by atoms with van der Waals surface area (Å²) < 4.78 is 0.929. The molecule has 8 heteroatoms. The predicted octanol–water partition coefficient (Wildman–Crippen LogP) is 4.13.